The van der Waals surface area contributed by atoms with Gasteiger partial charge in [-0.25, -0.2) is 9.18 Å². The van der Waals surface area contributed by atoms with Crippen molar-refractivity contribution in [1.82, 2.24) is 5.32 Å². The molecule has 0 radical (unpaired) electrons. The third-order valence-corrected chi connectivity index (χ3v) is 16.1. The molecule has 272 valence electrons. The van der Waals surface area contributed by atoms with Crippen LogP contribution in [0, 0.1) is 56.1 Å². The molecule has 1 aromatic carbocycles. The van der Waals surface area contributed by atoms with Crippen molar-refractivity contribution in [2.24, 2.45) is 50.2 Å². The van der Waals surface area contributed by atoms with Crippen molar-refractivity contribution in [3.8, 4) is 0 Å². The molecule has 0 bridgehead atoms. The quantitative estimate of drug-likeness (QED) is 0.179. The topological polar surface area (TPSA) is 86.6 Å². The fourth-order valence-electron chi connectivity index (χ4n) is 12.9. The summed E-state index contributed by atoms with van der Waals surface area (Å²) >= 11 is 0. The Morgan fingerprint density at radius 1 is 0.898 bits per heavy atom. The number of aliphatic hydroxyl groups excluding tert-OH is 1. The average Bonchev–Trinajstić information content (AvgIpc) is 3.02. The molecule has 0 aromatic heterocycles. The molecule has 1 aromatic rings. The number of carbonyl (C=O) groups excluding carboxylic acids is 1. The summed E-state index contributed by atoms with van der Waals surface area (Å²) in [5.41, 5.74) is 3.67. The lowest BCUT2D eigenvalue weighted by Gasteiger charge is -2.71. The van der Waals surface area contributed by atoms with Crippen molar-refractivity contribution in [1.29, 1.82) is 0 Å². The average molecular weight is 678 g/mol. The van der Waals surface area contributed by atoms with Crippen LogP contribution in [0.25, 0.3) is 0 Å². The van der Waals surface area contributed by atoms with E-state index < -0.39 is 12.0 Å². The third kappa shape index (κ3) is 6.22. The summed E-state index contributed by atoms with van der Waals surface area (Å²) in [5.74, 6) is 0.112. The molecule has 0 spiro atoms. The molecule has 6 heteroatoms. The number of unbranched alkanes of at least 4 members (excludes halogenated alkanes) is 1. The Bertz CT molecular complexity index is 1450. The number of halogens is 1. The van der Waals surface area contributed by atoms with E-state index in [0.29, 0.717) is 35.2 Å². The number of fused-ring (bicyclic) bond motifs is 7. The van der Waals surface area contributed by atoms with Gasteiger partial charge in [-0.1, -0.05) is 78.7 Å². The SMILES string of the molecule is CC1(C)CC[C@]2(CCCCC(=O)NC(Cc3ccc(F)cc3)C(=O)O)CC[C@]3(C)C(=CC[C@@H]4[C@@]5(C)CC[C@H](O)C(C)(C)[C@@H]5CC[C@]43C)[C@@H]2C1. The first-order valence-electron chi connectivity index (χ1n) is 19.5. The molecular formula is C43H64FNO4. The van der Waals surface area contributed by atoms with Crippen LogP contribution in [0.2, 0.25) is 0 Å². The minimum atomic E-state index is -1.07. The molecule has 5 aliphatic rings. The largest absolute Gasteiger partial charge is 0.480 e. The van der Waals surface area contributed by atoms with E-state index in [-0.39, 0.29) is 51.3 Å². The highest BCUT2D eigenvalue weighted by molar-refractivity contribution is 5.83. The second-order valence-corrected chi connectivity index (χ2v) is 19.4. The molecule has 6 rings (SSSR count). The molecule has 4 saturated carbocycles. The molecule has 3 N–H and O–H groups in total. The van der Waals surface area contributed by atoms with Crippen molar-refractivity contribution < 1.29 is 24.2 Å². The van der Waals surface area contributed by atoms with Gasteiger partial charge in [-0.15, -0.1) is 0 Å². The number of benzene rings is 1. The summed E-state index contributed by atoms with van der Waals surface area (Å²) in [6, 6.07) is 4.76. The predicted octanol–water partition coefficient (Wildman–Crippen LogP) is 9.66. The lowest BCUT2D eigenvalue weighted by atomic mass is 9.33. The van der Waals surface area contributed by atoms with Gasteiger partial charge >= 0.3 is 5.97 Å². The summed E-state index contributed by atoms with van der Waals surface area (Å²) in [6.45, 7) is 17.5. The number of allylic oxidation sites excluding steroid dienone is 2. The van der Waals surface area contributed by atoms with Gasteiger partial charge in [0, 0.05) is 12.8 Å². The highest BCUT2D eigenvalue weighted by atomic mass is 19.1. The highest BCUT2D eigenvalue weighted by Crippen LogP contribution is 2.76. The Kier molecular flexibility index (Phi) is 9.54. The first-order chi connectivity index (χ1) is 22.9. The van der Waals surface area contributed by atoms with Crippen molar-refractivity contribution in [2.45, 2.75) is 157 Å². The summed E-state index contributed by atoms with van der Waals surface area (Å²) in [5, 5.41) is 23.6. The maximum absolute atomic E-state index is 13.3. The number of carboxylic acids is 1. The molecule has 9 atom stereocenters. The smallest absolute Gasteiger partial charge is 0.326 e. The van der Waals surface area contributed by atoms with Gasteiger partial charge in [0.25, 0.3) is 0 Å². The van der Waals surface area contributed by atoms with Crippen LogP contribution in [-0.2, 0) is 16.0 Å². The van der Waals surface area contributed by atoms with Gasteiger partial charge in [-0.05, 0) is 145 Å². The van der Waals surface area contributed by atoms with Crippen molar-refractivity contribution in [3.63, 3.8) is 0 Å². The van der Waals surface area contributed by atoms with Crippen LogP contribution in [-0.4, -0.2) is 34.2 Å². The van der Waals surface area contributed by atoms with Crippen LogP contribution in [0.1, 0.15) is 144 Å². The Balaban J connectivity index is 1.16. The molecule has 5 nitrogen and oxygen atoms in total. The van der Waals surface area contributed by atoms with E-state index in [1.165, 1.54) is 57.1 Å². The van der Waals surface area contributed by atoms with E-state index in [0.717, 1.165) is 38.5 Å². The number of carboxylic acid groups (broad SMARTS) is 1. The Morgan fingerprint density at radius 2 is 1.59 bits per heavy atom. The van der Waals surface area contributed by atoms with Crippen LogP contribution in [0.15, 0.2) is 35.9 Å². The van der Waals surface area contributed by atoms with Gasteiger partial charge in [0.15, 0.2) is 0 Å². The van der Waals surface area contributed by atoms with Crippen molar-refractivity contribution >= 4 is 11.9 Å². The van der Waals surface area contributed by atoms with Crippen LogP contribution >= 0.6 is 0 Å². The number of carbonyl (C=O) groups is 2. The normalized spacial score (nSPS) is 39.7. The van der Waals surface area contributed by atoms with Crippen LogP contribution in [0.5, 0.6) is 0 Å². The standard InChI is InChI=1S/C43H64FNO4/c1-38(2)22-24-43(19-9-8-10-36(47)45-32(37(48)49)26-28-11-13-29(44)14-12-28)25-23-41(6)30(31(43)27-38)15-16-34-40(5)20-18-35(46)39(3,4)33(40)17-21-42(34,41)7/h11-15,31-35,46H,8-10,16-27H2,1-7H3,(H,45,47)(H,48,49)/t31-,32?,33-,34+,35-,40-,41+,42+,43+/m0/s1. The van der Waals surface area contributed by atoms with Gasteiger partial charge in [-0.2, -0.15) is 0 Å². The summed E-state index contributed by atoms with van der Waals surface area (Å²) in [7, 11) is 0. The zero-order chi connectivity index (χ0) is 35.6. The Morgan fingerprint density at radius 3 is 2.29 bits per heavy atom. The lowest BCUT2D eigenvalue weighted by Crippen LogP contribution is -2.64. The lowest BCUT2D eigenvalue weighted by molar-refractivity contribution is -0.203. The summed E-state index contributed by atoms with van der Waals surface area (Å²) in [6.07, 6.45) is 17.7. The Labute approximate surface area is 295 Å². The number of rotatable bonds is 9. The fourth-order valence-corrected chi connectivity index (χ4v) is 12.9. The zero-order valence-corrected chi connectivity index (χ0v) is 31.5. The summed E-state index contributed by atoms with van der Waals surface area (Å²) in [4.78, 5) is 24.9. The number of aliphatic carboxylic acids is 1. The molecule has 0 aliphatic heterocycles. The molecule has 0 saturated heterocycles. The van der Waals surface area contributed by atoms with Gasteiger partial charge in [0.05, 0.1) is 6.10 Å². The molecule has 49 heavy (non-hydrogen) atoms. The maximum atomic E-state index is 13.3. The van der Waals surface area contributed by atoms with E-state index in [9.17, 15) is 24.2 Å². The minimum Gasteiger partial charge on any atom is -0.480 e. The van der Waals surface area contributed by atoms with E-state index in [1.807, 2.05) is 0 Å². The van der Waals surface area contributed by atoms with Gasteiger partial charge < -0.3 is 15.5 Å². The number of hydrogen-bond donors (Lipinski definition) is 3. The third-order valence-electron chi connectivity index (χ3n) is 16.1. The molecule has 0 heterocycles. The molecule has 1 amide bonds. The number of amides is 1. The van der Waals surface area contributed by atoms with Crippen LogP contribution < -0.4 is 5.32 Å². The van der Waals surface area contributed by atoms with E-state index in [2.05, 4.69) is 59.9 Å². The van der Waals surface area contributed by atoms with Crippen molar-refractivity contribution in [2.75, 3.05) is 0 Å². The zero-order valence-electron chi connectivity index (χ0n) is 31.5. The predicted molar refractivity (Wildman–Crippen MR) is 193 cm³/mol. The number of aliphatic hydroxyl groups is 1. The second kappa shape index (κ2) is 12.8. The first-order valence-corrected chi connectivity index (χ1v) is 19.5. The van der Waals surface area contributed by atoms with E-state index in [4.69, 9.17) is 0 Å². The number of nitrogens with one attached hydrogen (secondary N) is 1. The second-order valence-electron chi connectivity index (χ2n) is 19.4. The van der Waals surface area contributed by atoms with Gasteiger partial charge in [0.2, 0.25) is 5.91 Å². The van der Waals surface area contributed by atoms with Crippen LogP contribution in [0.4, 0.5) is 4.39 Å². The Hall–Kier alpha value is -2.21. The molecule has 1 unspecified atom stereocenters. The monoisotopic (exact) mass is 677 g/mol. The van der Waals surface area contributed by atoms with E-state index in [1.54, 1.807) is 17.7 Å². The highest BCUT2D eigenvalue weighted by Gasteiger charge is 2.68. The fraction of sp³-hybridized carbons (Fsp3) is 0.767. The maximum Gasteiger partial charge on any atom is 0.326 e. The van der Waals surface area contributed by atoms with E-state index >= 15 is 0 Å². The first kappa shape index (κ1) is 36.6. The van der Waals surface area contributed by atoms with Crippen molar-refractivity contribution in [3.05, 3.63) is 47.3 Å². The molecule has 5 aliphatic carbocycles. The minimum absolute atomic E-state index is 0.0393. The van der Waals surface area contributed by atoms with Crippen LogP contribution in [0.3, 0.4) is 0 Å². The summed E-state index contributed by atoms with van der Waals surface area (Å²) < 4.78 is 13.3. The molecule has 4 fully saturated rings. The molecular weight excluding hydrogens is 613 g/mol. The van der Waals surface area contributed by atoms with Gasteiger partial charge in [0.1, 0.15) is 11.9 Å². The van der Waals surface area contributed by atoms with Gasteiger partial charge in [-0.3, -0.25) is 4.79 Å². The number of hydrogen-bond acceptors (Lipinski definition) is 3.